The fourth-order valence-electron chi connectivity index (χ4n) is 2.54. The molecule has 1 aromatic heterocycles. The van der Waals surface area contributed by atoms with Crippen molar-refractivity contribution in [1.29, 1.82) is 0 Å². The first-order valence-electron chi connectivity index (χ1n) is 8.93. The largest absolute Gasteiger partial charge is 0.454 e. The van der Waals surface area contributed by atoms with Gasteiger partial charge in [-0.15, -0.1) is 10.2 Å². The molecular weight excluding hydrogens is 488 g/mol. The van der Waals surface area contributed by atoms with Crippen LogP contribution >= 0.6 is 27.3 Å². The second kappa shape index (κ2) is 9.53. The number of ether oxygens (including phenoxy) is 2. The smallest absolute Gasteiger partial charge is 0.325 e. The lowest BCUT2D eigenvalue weighted by Gasteiger charge is -2.03. The summed E-state index contributed by atoms with van der Waals surface area (Å²) in [4.78, 5) is 24.1. The molecule has 31 heavy (non-hydrogen) atoms. The normalized spacial score (nSPS) is 12.0. The lowest BCUT2D eigenvalue weighted by molar-refractivity contribution is -0.120. The van der Waals surface area contributed by atoms with Gasteiger partial charge in [0.05, 0.1) is 12.6 Å². The van der Waals surface area contributed by atoms with Crippen molar-refractivity contribution < 1.29 is 19.1 Å². The van der Waals surface area contributed by atoms with Crippen LogP contribution < -0.4 is 25.5 Å². The van der Waals surface area contributed by atoms with Gasteiger partial charge in [0.2, 0.25) is 17.8 Å². The zero-order chi connectivity index (χ0) is 21.6. The van der Waals surface area contributed by atoms with Crippen LogP contribution in [0.4, 0.5) is 15.6 Å². The highest BCUT2D eigenvalue weighted by atomic mass is 79.9. The average Bonchev–Trinajstić information content (AvgIpc) is 3.37. The number of benzene rings is 2. The Morgan fingerprint density at radius 2 is 1.90 bits per heavy atom. The van der Waals surface area contributed by atoms with Gasteiger partial charge in [-0.3, -0.25) is 10.1 Å². The van der Waals surface area contributed by atoms with E-state index in [0.717, 1.165) is 21.4 Å². The van der Waals surface area contributed by atoms with Gasteiger partial charge in [0, 0.05) is 15.7 Å². The van der Waals surface area contributed by atoms with Gasteiger partial charge >= 0.3 is 6.03 Å². The highest BCUT2D eigenvalue weighted by Crippen LogP contribution is 2.36. The van der Waals surface area contributed by atoms with E-state index in [1.807, 2.05) is 18.2 Å². The predicted molar refractivity (Wildman–Crippen MR) is 119 cm³/mol. The topological polar surface area (TPSA) is 127 Å². The first-order valence-corrected chi connectivity index (χ1v) is 10.5. The number of carbonyl (C=O) groups is 2. The van der Waals surface area contributed by atoms with Crippen LogP contribution in [0.3, 0.4) is 0 Å². The molecule has 1 aliphatic heterocycles. The Morgan fingerprint density at radius 3 is 2.71 bits per heavy atom. The number of nitrogens with zero attached hydrogens (tertiary/aromatic N) is 3. The fourth-order valence-corrected chi connectivity index (χ4v) is 3.70. The van der Waals surface area contributed by atoms with Gasteiger partial charge in [-0.1, -0.05) is 29.5 Å². The Kier molecular flexibility index (Phi) is 6.38. The molecule has 0 aliphatic carbocycles. The highest BCUT2D eigenvalue weighted by Gasteiger charge is 2.16. The lowest BCUT2D eigenvalue weighted by Crippen LogP contribution is -2.19. The summed E-state index contributed by atoms with van der Waals surface area (Å²) in [6.45, 7) is 0.172. The maximum Gasteiger partial charge on any atom is 0.325 e. The maximum atomic E-state index is 12.1. The van der Waals surface area contributed by atoms with Crippen molar-refractivity contribution in [3.8, 4) is 11.5 Å². The second-order valence-corrected chi connectivity index (χ2v) is 8.06. The minimum Gasteiger partial charge on any atom is -0.454 e. The molecule has 0 spiro atoms. The molecule has 3 aromatic rings. The van der Waals surface area contributed by atoms with Crippen LogP contribution in [0.2, 0.25) is 0 Å². The third-order valence-electron chi connectivity index (χ3n) is 3.92. The molecule has 0 saturated heterocycles. The molecule has 12 heteroatoms. The fraction of sp³-hybridized carbons (Fsp3) is 0.105. The van der Waals surface area contributed by atoms with Crippen LogP contribution in [0.1, 0.15) is 10.6 Å². The van der Waals surface area contributed by atoms with Crippen molar-refractivity contribution >= 4 is 56.2 Å². The van der Waals surface area contributed by atoms with Gasteiger partial charge < -0.3 is 14.8 Å². The maximum absolute atomic E-state index is 12.1. The molecule has 0 saturated carbocycles. The third-order valence-corrected chi connectivity index (χ3v) is 5.44. The Hall–Kier alpha value is -3.51. The molecule has 0 atom stereocenters. The molecule has 0 unspecified atom stereocenters. The van der Waals surface area contributed by atoms with Crippen LogP contribution in [-0.2, 0) is 11.2 Å². The number of hydrogen-bond acceptors (Lipinski definition) is 8. The standard InChI is InChI=1S/C19H15BrN6O4S/c20-13-7-15-14(29-10-30-15)6-11(13)9-21-24-16(27)8-17-25-26-19(31-17)23-18(28)22-12-4-2-1-3-5-12/h1-7,9H,8,10H2,(H,24,27)(H2,22,23,26,28)/b21-9+. The number of fused-ring (bicyclic) bond motifs is 1. The highest BCUT2D eigenvalue weighted by molar-refractivity contribution is 9.10. The third kappa shape index (κ3) is 5.55. The molecule has 1 aliphatic rings. The summed E-state index contributed by atoms with van der Waals surface area (Å²) in [6, 6.07) is 12.1. The number of anilines is 2. The van der Waals surface area contributed by atoms with E-state index in [2.05, 4.69) is 47.3 Å². The van der Waals surface area contributed by atoms with E-state index in [4.69, 9.17) is 9.47 Å². The molecule has 0 bridgehead atoms. The number of amides is 3. The predicted octanol–water partition coefficient (Wildman–Crippen LogP) is 3.37. The zero-order valence-electron chi connectivity index (χ0n) is 15.8. The number of rotatable bonds is 6. The minimum absolute atomic E-state index is 0.0285. The molecule has 10 nitrogen and oxygen atoms in total. The lowest BCUT2D eigenvalue weighted by atomic mass is 10.2. The van der Waals surface area contributed by atoms with Gasteiger partial charge in [-0.05, 0) is 40.2 Å². The first kappa shape index (κ1) is 20.8. The number of para-hydroxylation sites is 1. The molecule has 4 rings (SSSR count). The second-order valence-electron chi connectivity index (χ2n) is 6.14. The van der Waals surface area contributed by atoms with Crippen LogP contribution in [0.5, 0.6) is 11.5 Å². The minimum atomic E-state index is -0.447. The molecule has 0 fully saturated rings. The van der Waals surface area contributed by atoms with Crippen molar-refractivity contribution in [2.75, 3.05) is 17.4 Å². The Balaban J connectivity index is 1.27. The number of hydrogen-bond donors (Lipinski definition) is 3. The number of halogens is 1. The Morgan fingerprint density at radius 1 is 1.13 bits per heavy atom. The number of urea groups is 1. The summed E-state index contributed by atoms with van der Waals surface area (Å²) in [6.07, 6.45) is 1.46. The SMILES string of the molecule is O=C(Cc1nnc(NC(=O)Nc2ccccc2)s1)N/N=C/c1cc2c(cc1Br)OCO2. The van der Waals surface area contributed by atoms with E-state index in [0.29, 0.717) is 22.2 Å². The van der Waals surface area contributed by atoms with Crippen molar-refractivity contribution in [2.45, 2.75) is 6.42 Å². The number of hydrazone groups is 1. The van der Waals surface area contributed by atoms with Crippen molar-refractivity contribution in [1.82, 2.24) is 15.6 Å². The van der Waals surface area contributed by atoms with Gasteiger partial charge in [0.25, 0.3) is 0 Å². The monoisotopic (exact) mass is 502 g/mol. The Labute approximate surface area is 188 Å². The van der Waals surface area contributed by atoms with Gasteiger partial charge in [0.1, 0.15) is 5.01 Å². The summed E-state index contributed by atoms with van der Waals surface area (Å²) in [7, 11) is 0. The van der Waals surface area contributed by atoms with E-state index in [1.54, 1.807) is 24.3 Å². The van der Waals surface area contributed by atoms with E-state index >= 15 is 0 Å². The summed E-state index contributed by atoms with van der Waals surface area (Å²) in [5.41, 5.74) is 3.80. The summed E-state index contributed by atoms with van der Waals surface area (Å²) in [5, 5.41) is 17.7. The van der Waals surface area contributed by atoms with Gasteiger partial charge in [-0.2, -0.15) is 5.10 Å². The van der Waals surface area contributed by atoms with Crippen molar-refractivity contribution in [2.24, 2.45) is 5.10 Å². The van der Waals surface area contributed by atoms with E-state index in [1.165, 1.54) is 6.21 Å². The van der Waals surface area contributed by atoms with Crippen LogP contribution in [0, 0.1) is 0 Å². The number of aromatic nitrogens is 2. The average molecular weight is 503 g/mol. The molecular formula is C19H15BrN6O4S. The first-order chi connectivity index (χ1) is 15.1. The Bertz CT molecular complexity index is 1140. The number of carbonyl (C=O) groups excluding carboxylic acids is 2. The van der Waals surface area contributed by atoms with Gasteiger partial charge in [0.15, 0.2) is 11.5 Å². The van der Waals surface area contributed by atoms with E-state index in [-0.39, 0.29) is 24.3 Å². The molecule has 3 N–H and O–H groups in total. The molecule has 158 valence electrons. The van der Waals surface area contributed by atoms with Crippen molar-refractivity contribution in [3.05, 3.63) is 57.5 Å². The molecule has 2 aromatic carbocycles. The quantitative estimate of drug-likeness (QED) is 0.350. The van der Waals surface area contributed by atoms with Crippen LogP contribution in [0.15, 0.2) is 52.0 Å². The summed E-state index contributed by atoms with van der Waals surface area (Å²) >= 11 is 4.52. The van der Waals surface area contributed by atoms with Crippen LogP contribution in [0.25, 0.3) is 0 Å². The molecule has 2 heterocycles. The van der Waals surface area contributed by atoms with Gasteiger partial charge in [-0.25, -0.2) is 10.2 Å². The van der Waals surface area contributed by atoms with Crippen molar-refractivity contribution in [3.63, 3.8) is 0 Å². The summed E-state index contributed by atoms with van der Waals surface area (Å²) < 4.78 is 11.4. The van der Waals surface area contributed by atoms with E-state index in [9.17, 15) is 9.59 Å². The van der Waals surface area contributed by atoms with Crippen LogP contribution in [-0.4, -0.2) is 35.1 Å². The molecule has 0 radical (unpaired) electrons. The summed E-state index contributed by atoms with van der Waals surface area (Å²) in [5.74, 6) is 0.886. The van der Waals surface area contributed by atoms with E-state index < -0.39 is 6.03 Å². The molecule has 3 amide bonds. The number of nitrogens with one attached hydrogen (secondary N) is 3. The zero-order valence-corrected chi connectivity index (χ0v) is 18.2.